The molecule has 180 valence electrons. The van der Waals surface area contributed by atoms with Gasteiger partial charge in [-0.1, -0.05) is 45.0 Å². The summed E-state index contributed by atoms with van der Waals surface area (Å²) >= 11 is 1.62. The average Bonchev–Trinajstić information content (AvgIpc) is 3.50. The van der Waals surface area contributed by atoms with Gasteiger partial charge in [-0.05, 0) is 23.5 Å². The number of nitrogens with zero attached hydrogens (tertiary/aromatic N) is 3. The average molecular weight is 482 g/mol. The summed E-state index contributed by atoms with van der Waals surface area (Å²) < 4.78 is 0. The summed E-state index contributed by atoms with van der Waals surface area (Å²) in [4.78, 5) is 40.2. The molecular formula is C25H31N5O3S. The number of aromatic amines is 1. The highest BCUT2D eigenvalue weighted by Gasteiger charge is 2.43. The molecule has 0 spiro atoms. The van der Waals surface area contributed by atoms with E-state index in [1.165, 1.54) is 6.92 Å². The molecule has 8 nitrogen and oxygen atoms in total. The Hall–Kier alpha value is -3.04. The van der Waals surface area contributed by atoms with Crippen LogP contribution < -0.4 is 5.32 Å². The molecule has 2 aromatic heterocycles. The zero-order valence-electron chi connectivity index (χ0n) is 20.1. The summed E-state index contributed by atoms with van der Waals surface area (Å²) in [6.45, 7) is 9.34. The lowest BCUT2D eigenvalue weighted by molar-refractivity contribution is -0.140. The van der Waals surface area contributed by atoms with E-state index in [2.05, 4.69) is 32.4 Å². The van der Waals surface area contributed by atoms with Gasteiger partial charge in [0.1, 0.15) is 11.9 Å². The number of carbonyl (C=O) groups is 2. The molecule has 1 aromatic carbocycles. The molecule has 0 aliphatic carbocycles. The molecule has 0 radical (unpaired) electrons. The van der Waals surface area contributed by atoms with Crippen molar-refractivity contribution in [2.45, 2.75) is 59.2 Å². The van der Waals surface area contributed by atoms with Crippen LogP contribution in [0.1, 0.15) is 51.7 Å². The summed E-state index contributed by atoms with van der Waals surface area (Å²) in [5.41, 5.74) is 5.31. The molecule has 1 aliphatic heterocycles. The van der Waals surface area contributed by atoms with Gasteiger partial charge in [0.25, 0.3) is 0 Å². The third-order valence-corrected chi connectivity index (χ3v) is 7.12. The number of aliphatic hydroxyl groups is 1. The second-order valence-corrected chi connectivity index (χ2v) is 10.8. The Kier molecular flexibility index (Phi) is 6.60. The van der Waals surface area contributed by atoms with E-state index >= 15 is 0 Å². The quantitative estimate of drug-likeness (QED) is 0.515. The number of hydrogen-bond acceptors (Lipinski definition) is 6. The summed E-state index contributed by atoms with van der Waals surface area (Å²) in [5.74, 6) is 0.145. The summed E-state index contributed by atoms with van der Waals surface area (Å²) in [6, 6.07) is 7.10. The first kappa shape index (κ1) is 24.1. The highest BCUT2D eigenvalue weighted by Crippen LogP contribution is 2.35. The number of imidazole rings is 1. The van der Waals surface area contributed by atoms with Gasteiger partial charge >= 0.3 is 0 Å². The number of aryl methyl sites for hydroxylation is 1. The van der Waals surface area contributed by atoms with Crippen molar-refractivity contribution in [2.75, 3.05) is 6.54 Å². The van der Waals surface area contributed by atoms with E-state index < -0.39 is 23.6 Å². The molecule has 3 aromatic rings. The van der Waals surface area contributed by atoms with Crippen molar-refractivity contribution in [1.29, 1.82) is 0 Å². The Labute approximate surface area is 203 Å². The van der Waals surface area contributed by atoms with E-state index in [0.717, 1.165) is 27.4 Å². The van der Waals surface area contributed by atoms with E-state index in [-0.39, 0.29) is 18.4 Å². The zero-order chi connectivity index (χ0) is 24.6. The summed E-state index contributed by atoms with van der Waals surface area (Å²) in [7, 11) is 0. The van der Waals surface area contributed by atoms with Gasteiger partial charge in [-0.2, -0.15) is 0 Å². The molecule has 4 rings (SSSR count). The number of aromatic nitrogens is 3. The monoisotopic (exact) mass is 481 g/mol. The fourth-order valence-corrected chi connectivity index (χ4v) is 5.18. The fourth-order valence-electron chi connectivity index (χ4n) is 4.37. The second-order valence-electron chi connectivity index (χ2n) is 9.92. The molecule has 1 fully saturated rings. The standard InChI is InChI=1S/C25H31N5O3S/c1-14-21(34-13-27-14)17-8-6-16(7-9-17)19-11-26-23(29-19)20-10-18(32)12-30(20)24(33)22(25(3,4)5)28-15(2)31/h6-9,11,13,18,20,22,32H,10,12H2,1-5H3,(H,26,29)(H,28,31)/t18-,20+,22-/m1/s1. The van der Waals surface area contributed by atoms with Crippen LogP contribution in [0.3, 0.4) is 0 Å². The lowest BCUT2D eigenvalue weighted by Crippen LogP contribution is -2.54. The fraction of sp³-hybridized carbons (Fsp3) is 0.440. The third-order valence-electron chi connectivity index (χ3n) is 6.14. The van der Waals surface area contributed by atoms with Crippen molar-refractivity contribution in [3.63, 3.8) is 0 Å². The van der Waals surface area contributed by atoms with Crippen LogP contribution in [0.15, 0.2) is 36.0 Å². The molecule has 0 unspecified atom stereocenters. The number of rotatable bonds is 5. The van der Waals surface area contributed by atoms with E-state index in [4.69, 9.17) is 0 Å². The van der Waals surface area contributed by atoms with Crippen LogP contribution in [0.5, 0.6) is 0 Å². The first-order valence-electron chi connectivity index (χ1n) is 11.4. The lowest BCUT2D eigenvalue weighted by Gasteiger charge is -2.35. The molecule has 3 atom stereocenters. The Bertz CT molecular complexity index is 1180. The van der Waals surface area contributed by atoms with Crippen LogP contribution in [0.25, 0.3) is 21.7 Å². The van der Waals surface area contributed by atoms with Gasteiger partial charge in [-0.25, -0.2) is 9.97 Å². The zero-order valence-corrected chi connectivity index (χ0v) is 20.9. The number of thiazole rings is 1. The van der Waals surface area contributed by atoms with Crippen LogP contribution in [0.2, 0.25) is 0 Å². The lowest BCUT2D eigenvalue weighted by atomic mass is 9.85. The minimum absolute atomic E-state index is 0.203. The number of likely N-dealkylation sites (tertiary alicyclic amines) is 1. The normalized spacial score (nSPS) is 19.3. The van der Waals surface area contributed by atoms with Crippen molar-refractivity contribution >= 4 is 23.2 Å². The van der Waals surface area contributed by atoms with Gasteiger partial charge in [-0.15, -0.1) is 11.3 Å². The van der Waals surface area contributed by atoms with Crippen LogP contribution >= 0.6 is 11.3 Å². The number of aliphatic hydroxyl groups excluding tert-OH is 1. The summed E-state index contributed by atoms with van der Waals surface area (Å²) in [6.07, 6.45) is 1.49. The molecular weight excluding hydrogens is 450 g/mol. The molecule has 0 bridgehead atoms. The Morgan fingerprint density at radius 2 is 1.88 bits per heavy atom. The predicted octanol–water partition coefficient (Wildman–Crippen LogP) is 3.69. The smallest absolute Gasteiger partial charge is 0.246 e. The van der Waals surface area contributed by atoms with Crippen molar-refractivity contribution in [1.82, 2.24) is 25.2 Å². The van der Waals surface area contributed by atoms with Crippen molar-refractivity contribution in [3.8, 4) is 21.7 Å². The second kappa shape index (κ2) is 9.31. The first-order chi connectivity index (χ1) is 16.0. The van der Waals surface area contributed by atoms with Crippen molar-refractivity contribution in [2.24, 2.45) is 5.41 Å². The van der Waals surface area contributed by atoms with Crippen LogP contribution in [0, 0.1) is 12.3 Å². The number of hydrogen-bond donors (Lipinski definition) is 3. The number of β-amino-alcohol motifs (C(OH)–C–C–N with tert-alkyl or cyclic N) is 1. The van der Waals surface area contributed by atoms with Gasteiger partial charge in [0, 0.05) is 19.9 Å². The molecule has 2 amide bonds. The van der Waals surface area contributed by atoms with Gasteiger partial charge in [0.15, 0.2) is 0 Å². The molecule has 1 aliphatic rings. The number of H-pyrrole nitrogens is 1. The van der Waals surface area contributed by atoms with E-state index in [1.54, 1.807) is 22.4 Å². The Balaban J connectivity index is 1.57. The van der Waals surface area contributed by atoms with Crippen LogP contribution in [-0.2, 0) is 9.59 Å². The SMILES string of the molecule is CC(=O)N[C@H](C(=O)N1C[C@H](O)C[C@H]1c1ncc(-c2ccc(-c3scnc3C)cc2)[nH]1)C(C)(C)C. The minimum Gasteiger partial charge on any atom is -0.391 e. The maximum Gasteiger partial charge on any atom is 0.246 e. The van der Waals surface area contributed by atoms with Gasteiger partial charge < -0.3 is 20.3 Å². The van der Waals surface area contributed by atoms with E-state index in [9.17, 15) is 14.7 Å². The first-order valence-corrected chi connectivity index (χ1v) is 12.2. The number of benzene rings is 1. The number of carbonyl (C=O) groups excluding carboxylic acids is 2. The van der Waals surface area contributed by atoms with E-state index in [1.807, 2.05) is 45.3 Å². The highest BCUT2D eigenvalue weighted by atomic mass is 32.1. The molecule has 3 heterocycles. The molecule has 9 heteroatoms. The topological polar surface area (TPSA) is 111 Å². The Morgan fingerprint density at radius 3 is 2.47 bits per heavy atom. The minimum atomic E-state index is -0.699. The van der Waals surface area contributed by atoms with E-state index in [0.29, 0.717) is 12.2 Å². The van der Waals surface area contributed by atoms with Crippen molar-refractivity contribution in [3.05, 3.63) is 47.5 Å². The summed E-state index contributed by atoms with van der Waals surface area (Å²) in [5, 5.41) is 13.2. The van der Waals surface area contributed by atoms with Gasteiger partial charge in [0.2, 0.25) is 11.8 Å². The highest BCUT2D eigenvalue weighted by molar-refractivity contribution is 7.13. The maximum absolute atomic E-state index is 13.5. The third kappa shape index (κ3) is 4.90. The Morgan fingerprint density at radius 1 is 1.21 bits per heavy atom. The molecule has 0 saturated carbocycles. The maximum atomic E-state index is 13.5. The largest absolute Gasteiger partial charge is 0.391 e. The molecule has 34 heavy (non-hydrogen) atoms. The predicted molar refractivity (Wildman–Crippen MR) is 132 cm³/mol. The van der Waals surface area contributed by atoms with Gasteiger partial charge in [-0.3, -0.25) is 9.59 Å². The number of amides is 2. The van der Waals surface area contributed by atoms with Crippen LogP contribution in [-0.4, -0.2) is 55.5 Å². The molecule has 3 N–H and O–H groups in total. The van der Waals surface area contributed by atoms with Gasteiger partial charge in [0.05, 0.1) is 40.1 Å². The molecule has 1 saturated heterocycles. The number of nitrogens with one attached hydrogen (secondary N) is 2. The van der Waals surface area contributed by atoms with Crippen LogP contribution in [0.4, 0.5) is 0 Å². The van der Waals surface area contributed by atoms with Crippen molar-refractivity contribution < 1.29 is 14.7 Å².